The lowest BCUT2D eigenvalue weighted by Crippen LogP contribution is -2.43. The van der Waals surface area contributed by atoms with E-state index < -0.39 is 0 Å². The Morgan fingerprint density at radius 2 is 2.00 bits per heavy atom. The van der Waals surface area contributed by atoms with E-state index in [1.807, 2.05) is 12.1 Å². The Kier molecular flexibility index (Phi) is 3.49. The molecule has 1 unspecified atom stereocenters. The minimum atomic E-state index is -0.0950. The van der Waals surface area contributed by atoms with E-state index >= 15 is 0 Å². The van der Waals surface area contributed by atoms with Crippen LogP contribution < -0.4 is 9.47 Å². The largest absolute Gasteiger partial charge is 0.493 e. The van der Waals surface area contributed by atoms with E-state index in [1.165, 1.54) is 5.56 Å². The molecule has 2 aliphatic rings. The Balaban J connectivity index is 2.09. The number of ketones is 1. The predicted molar refractivity (Wildman–Crippen MR) is 81.0 cm³/mol. The van der Waals surface area contributed by atoms with E-state index in [4.69, 9.17) is 9.47 Å². The number of methoxy groups -OCH3 is 2. The van der Waals surface area contributed by atoms with Crippen molar-refractivity contribution in [3.05, 3.63) is 35.9 Å². The third-order valence-electron chi connectivity index (χ3n) is 4.89. The quantitative estimate of drug-likeness (QED) is 0.854. The number of nitrogens with zero attached hydrogens (tertiary/aromatic N) is 1. The minimum Gasteiger partial charge on any atom is -0.493 e. The van der Waals surface area contributed by atoms with Crippen molar-refractivity contribution < 1.29 is 14.3 Å². The second kappa shape index (κ2) is 5.19. The second-order valence-electron chi connectivity index (χ2n) is 5.86. The highest BCUT2D eigenvalue weighted by atomic mass is 16.5. The monoisotopic (exact) mass is 287 g/mol. The molecule has 0 radical (unpaired) electrons. The van der Waals surface area contributed by atoms with Gasteiger partial charge in [0.05, 0.1) is 14.2 Å². The first-order valence-electron chi connectivity index (χ1n) is 7.25. The van der Waals surface area contributed by atoms with Gasteiger partial charge in [-0.15, -0.1) is 0 Å². The summed E-state index contributed by atoms with van der Waals surface area (Å²) in [5.74, 6) is 1.68. The van der Waals surface area contributed by atoms with E-state index in [9.17, 15) is 4.79 Å². The van der Waals surface area contributed by atoms with Crippen molar-refractivity contribution in [2.24, 2.45) is 0 Å². The molecule has 1 aromatic rings. The first-order chi connectivity index (χ1) is 10.1. The number of hydrogen-bond donors (Lipinski definition) is 0. The third-order valence-corrected chi connectivity index (χ3v) is 4.89. The van der Waals surface area contributed by atoms with Crippen LogP contribution in [0.5, 0.6) is 11.5 Å². The third kappa shape index (κ3) is 2.14. The van der Waals surface area contributed by atoms with E-state index in [1.54, 1.807) is 20.3 Å². The van der Waals surface area contributed by atoms with Crippen LogP contribution in [0.15, 0.2) is 30.4 Å². The maximum Gasteiger partial charge on any atom is 0.161 e. The molecule has 2 atom stereocenters. The highest BCUT2D eigenvalue weighted by molar-refractivity contribution is 5.92. The summed E-state index contributed by atoms with van der Waals surface area (Å²) in [6.45, 7) is 0.997. The molecule has 1 aliphatic heterocycles. The van der Waals surface area contributed by atoms with Crippen LogP contribution in [0.2, 0.25) is 0 Å². The Bertz CT molecular complexity index is 596. The number of carbonyl (C=O) groups excluding carboxylic acids is 1. The van der Waals surface area contributed by atoms with Gasteiger partial charge in [0.2, 0.25) is 0 Å². The van der Waals surface area contributed by atoms with Crippen molar-refractivity contribution in [1.82, 2.24) is 4.90 Å². The molecule has 4 heteroatoms. The highest BCUT2D eigenvalue weighted by Gasteiger charge is 2.48. The number of benzene rings is 1. The molecular formula is C17H21NO3. The van der Waals surface area contributed by atoms with Crippen LogP contribution in [0.1, 0.15) is 18.4 Å². The van der Waals surface area contributed by atoms with Gasteiger partial charge >= 0.3 is 0 Å². The van der Waals surface area contributed by atoms with Crippen molar-refractivity contribution >= 4 is 5.78 Å². The maximum atomic E-state index is 11.8. The van der Waals surface area contributed by atoms with E-state index in [0.29, 0.717) is 6.42 Å². The zero-order chi connectivity index (χ0) is 15.0. The fourth-order valence-electron chi connectivity index (χ4n) is 3.67. The standard InChI is InChI=1S/C17H21NO3/c1-18-9-8-17(7-6-13(19)11-16(17)18)12-4-5-14(20-2)15(10-12)21-3/h4-7,10,16H,8-9,11H2,1-3H3/t16-,17?/m1/s1. The SMILES string of the molecule is COc1ccc(C23C=CC(=O)C[C@H]2N(C)CC3)cc1OC. The van der Waals surface area contributed by atoms with Gasteiger partial charge in [0.1, 0.15) is 0 Å². The fourth-order valence-corrected chi connectivity index (χ4v) is 3.67. The molecule has 0 N–H and O–H groups in total. The highest BCUT2D eigenvalue weighted by Crippen LogP contribution is 2.46. The van der Waals surface area contributed by atoms with E-state index in [0.717, 1.165) is 24.5 Å². The van der Waals surface area contributed by atoms with Crippen LogP contribution in [0.3, 0.4) is 0 Å². The molecule has 0 spiro atoms. The minimum absolute atomic E-state index is 0.0950. The molecule has 0 aromatic heterocycles. The number of likely N-dealkylation sites (N-methyl/N-ethyl adjacent to an activating group) is 1. The van der Waals surface area contributed by atoms with Crippen LogP contribution in [0.4, 0.5) is 0 Å². The first kappa shape index (κ1) is 14.1. The number of fused-ring (bicyclic) bond motifs is 1. The van der Waals surface area contributed by atoms with Gasteiger partial charge in [-0.3, -0.25) is 4.79 Å². The average molecular weight is 287 g/mol. The van der Waals surface area contributed by atoms with Gasteiger partial charge in [0.25, 0.3) is 0 Å². The number of rotatable bonds is 3. The van der Waals surface area contributed by atoms with Crippen molar-refractivity contribution in [3.8, 4) is 11.5 Å². The Labute approximate surface area is 125 Å². The number of likely N-dealkylation sites (tertiary alicyclic amines) is 1. The molecule has 0 bridgehead atoms. The molecular weight excluding hydrogens is 266 g/mol. The second-order valence-corrected chi connectivity index (χ2v) is 5.86. The number of allylic oxidation sites excluding steroid dienone is 1. The zero-order valence-electron chi connectivity index (χ0n) is 12.8. The van der Waals surface area contributed by atoms with Crippen LogP contribution in [-0.4, -0.2) is 44.5 Å². The summed E-state index contributed by atoms with van der Waals surface area (Å²) < 4.78 is 10.7. The van der Waals surface area contributed by atoms with Crippen molar-refractivity contribution in [2.75, 3.05) is 27.8 Å². The molecule has 4 nitrogen and oxygen atoms in total. The smallest absolute Gasteiger partial charge is 0.161 e. The maximum absolute atomic E-state index is 11.8. The van der Waals surface area contributed by atoms with Gasteiger partial charge in [-0.05, 0) is 43.8 Å². The molecule has 0 amide bonds. The number of carbonyl (C=O) groups is 1. The lowest BCUT2D eigenvalue weighted by atomic mass is 9.69. The van der Waals surface area contributed by atoms with Crippen molar-refractivity contribution in [3.63, 3.8) is 0 Å². The number of ether oxygens (including phenoxy) is 2. The average Bonchev–Trinajstić information content (AvgIpc) is 2.85. The summed E-state index contributed by atoms with van der Waals surface area (Å²) >= 11 is 0. The fraction of sp³-hybridized carbons (Fsp3) is 0.471. The van der Waals surface area contributed by atoms with Gasteiger partial charge in [0, 0.05) is 17.9 Å². The lowest BCUT2D eigenvalue weighted by molar-refractivity contribution is -0.116. The molecule has 1 heterocycles. The normalized spacial score (nSPS) is 28.5. The van der Waals surface area contributed by atoms with Crippen molar-refractivity contribution in [2.45, 2.75) is 24.3 Å². The molecule has 1 aliphatic carbocycles. The summed E-state index contributed by atoms with van der Waals surface area (Å²) in [5.41, 5.74) is 1.10. The van der Waals surface area contributed by atoms with Gasteiger partial charge in [-0.25, -0.2) is 0 Å². The summed E-state index contributed by atoms with van der Waals surface area (Å²) in [5, 5.41) is 0. The van der Waals surface area contributed by atoms with Gasteiger partial charge < -0.3 is 14.4 Å². The van der Waals surface area contributed by atoms with Crippen molar-refractivity contribution in [1.29, 1.82) is 0 Å². The van der Waals surface area contributed by atoms with Crippen LogP contribution in [0, 0.1) is 0 Å². The zero-order valence-corrected chi connectivity index (χ0v) is 12.8. The molecule has 0 saturated carbocycles. The molecule has 1 aromatic carbocycles. The summed E-state index contributed by atoms with van der Waals surface area (Å²) in [6, 6.07) is 6.31. The lowest BCUT2D eigenvalue weighted by Gasteiger charge is -2.37. The Morgan fingerprint density at radius 1 is 1.24 bits per heavy atom. The van der Waals surface area contributed by atoms with Crippen LogP contribution in [0.25, 0.3) is 0 Å². The molecule has 21 heavy (non-hydrogen) atoms. The molecule has 3 rings (SSSR count). The summed E-state index contributed by atoms with van der Waals surface area (Å²) in [7, 11) is 5.39. The van der Waals surface area contributed by atoms with E-state index in [-0.39, 0.29) is 17.2 Å². The molecule has 112 valence electrons. The van der Waals surface area contributed by atoms with Gasteiger partial charge in [-0.2, -0.15) is 0 Å². The summed E-state index contributed by atoms with van der Waals surface area (Å²) in [6.07, 6.45) is 5.44. The Hall–Kier alpha value is -1.81. The number of hydrogen-bond acceptors (Lipinski definition) is 4. The molecule has 1 saturated heterocycles. The Morgan fingerprint density at radius 3 is 2.71 bits per heavy atom. The summed E-state index contributed by atoms with van der Waals surface area (Å²) in [4.78, 5) is 14.1. The van der Waals surface area contributed by atoms with Gasteiger partial charge in [-0.1, -0.05) is 12.1 Å². The topological polar surface area (TPSA) is 38.8 Å². The van der Waals surface area contributed by atoms with Crippen LogP contribution in [-0.2, 0) is 10.2 Å². The van der Waals surface area contributed by atoms with Crippen LogP contribution >= 0.6 is 0 Å². The molecule has 1 fully saturated rings. The predicted octanol–water partition coefficient (Wildman–Crippen LogP) is 2.17. The van der Waals surface area contributed by atoms with Gasteiger partial charge in [0.15, 0.2) is 17.3 Å². The van der Waals surface area contributed by atoms with E-state index in [2.05, 4.69) is 24.1 Å². The first-order valence-corrected chi connectivity index (χ1v) is 7.25.